The summed E-state index contributed by atoms with van der Waals surface area (Å²) in [6.07, 6.45) is 0.309. The van der Waals surface area contributed by atoms with E-state index in [1.54, 1.807) is 0 Å². The fourth-order valence-corrected chi connectivity index (χ4v) is 1.42. The van der Waals surface area contributed by atoms with Gasteiger partial charge in [0.1, 0.15) is 12.4 Å². The molecule has 0 aromatic heterocycles. The van der Waals surface area contributed by atoms with Crippen LogP contribution in [0, 0.1) is 6.92 Å². The Bertz CT molecular complexity index is 337. The molecule has 0 aliphatic rings. The summed E-state index contributed by atoms with van der Waals surface area (Å²) in [7, 11) is 0. The maximum Gasteiger partial charge on any atom is 0.122 e. The zero-order valence-electron chi connectivity index (χ0n) is 10.2. The van der Waals surface area contributed by atoms with Crippen molar-refractivity contribution >= 4 is 0 Å². The Kier molecular flexibility index (Phi) is 4.77. The average Bonchev–Trinajstić information content (AvgIpc) is 2.26. The summed E-state index contributed by atoms with van der Waals surface area (Å²) in [5.41, 5.74) is 7.95. The zero-order chi connectivity index (χ0) is 12.1. The molecule has 0 amide bonds. The first-order valence-corrected chi connectivity index (χ1v) is 5.71. The smallest absolute Gasteiger partial charge is 0.122 e. The van der Waals surface area contributed by atoms with Crippen LogP contribution in [-0.4, -0.2) is 17.8 Å². The molecule has 0 fully saturated rings. The summed E-state index contributed by atoms with van der Waals surface area (Å²) >= 11 is 0. The standard InChI is InChI=1S/C13H21NO2/c1-4-12(15)8-16-13-6-5-11(10(3)14)7-9(13)2/h5-7,10,12,15H,4,8,14H2,1-3H3. The molecule has 0 spiro atoms. The molecule has 2 atom stereocenters. The first-order valence-electron chi connectivity index (χ1n) is 5.71. The van der Waals surface area contributed by atoms with Gasteiger partial charge in [0, 0.05) is 6.04 Å². The van der Waals surface area contributed by atoms with Gasteiger partial charge in [-0.2, -0.15) is 0 Å². The predicted octanol–water partition coefficient (Wildman–Crippen LogP) is 2.16. The van der Waals surface area contributed by atoms with Crippen LogP contribution in [0.15, 0.2) is 18.2 Å². The Morgan fingerprint density at radius 1 is 1.44 bits per heavy atom. The van der Waals surface area contributed by atoms with Crippen LogP contribution in [0.3, 0.4) is 0 Å². The van der Waals surface area contributed by atoms with Crippen molar-refractivity contribution in [2.75, 3.05) is 6.61 Å². The van der Waals surface area contributed by atoms with E-state index in [1.165, 1.54) is 0 Å². The van der Waals surface area contributed by atoms with Crippen LogP contribution in [0.1, 0.15) is 37.4 Å². The molecule has 16 heavy (non-hydrogen) atoms. The normalized spacial score (nSPS) is 14.6. The summed E-state index contributed by atoms with van der Waals surface area (Å²) in [6.45, 7) is 6.21. The molecule has 90 valence electrons. The van der Waals surface area contributed by atoms with Crippen molar-refractivity contribution in [3.05, 3.63) is 29.3 Å². The number of ether oxygens (including phenoxy) is 1. The zero-order valence-corrected chi connectivity index (χ0v) is 10.2. The second-order valence-corrected chi connectivity index (χ2v) is 4.19. The molecule has 1 aromatic rings. The van der Waals surface area contributed by atoms with Crippen LogP contribution >= 0.6 is 0 Å². The van der Waals surface area contributed by atoms with Crippen molar-refractivity contribution in [3.63, 3.8) is 0 Å². The molecule has 0 saturated heterocycles. The molecular weight excluding hydrogens is 202 g/mol. The first kappa shape index (κ1) is 13.0. The Hall–Kier alpha value is -1.06. The maximum absolute atomic E-state index is 9.41. The number of hydrogen-bond acceptors (Lipinski definition) is 3. The van der Waals surface area contributed by atoms with Gasteiger partial charge in [0.25, 0.3) is 0 Å². The van der Waals surface area contributed by atoms with Crippen molar-refractivity contribution in [2.24, 2.45) is 5.73 Å². The monoisotopic (exact) mass is 223 g/mol. The van der Waals surface area contributed by atoms with E-state index in [4.69, 9.17) is 10.5 Å². The van der Waals surface area contributed by atoms with E-state index < -0.39 is 6.10 Å². The minimum absolute atomic E-state index is 0.0361. The quantitative estimate of drug-likeness (QED) is 0.804. The summed E-state index contributed by atoms with van der Waals surface area (Å²) in [4.78, 5) is 0. The second kappa shape index (κ2) is 5.87. The highest BCUT2D eigenvalue weighted by atomic mass is 16.5. The van der Waals surface area contributed by atoms with Crippen LogP contribution in [0.25, 0.3) is 0 Å². The molecule has 0 saturated carbocycles. The fourth-order valence-electron chi connectivity index (χ4n) is 1.42. The van der Waals surface area contributed by atoms with Crippen molar-refractivity contribution in [2.45, 2.75) is 39.3 Å². The van der Waals surface area contributed by atoms with Crippen molar-refractivity contribution < 1.29 is 9.84 Å². The molecule has 3 nitrogen and oxygen atoms in total. The lowest BCUT2D eigenvalue weighted by atomic mass is 10.1. The highest BCUT2D eigenvalue weighted by Gasteiger charge is 2.06. The van der Waals surface area contributed by atoms with E-state index in [-0.39, 0.29) is 6.04 Å². The highest BCUT2D eigenvalue weighted by Crippen LogP contribution is 2.22. The van der Waals surface area contributed by atoms with Crippen LogP contribution < -0.4 is 10.5 Å². The number of nitrogens with two attached hydrogens (primary N) is 1. The number of aryl methyl sites for hydroxylation is 1. The van der Waals surface area contributed by atoms with Gasteiger partial charge in [-0.05, 0) is 37.5 Å². The van der Waals surface area contributed by atoms with Gasteiger partial charge in [-0.1, -0.05) is 19.1 Å². The van der Waals surface area contributed by atoms with Gasteiger partial charge in [0.05, 0.1) is 6.10 Å². The topological polar surface area (TPSA) is 55.5 Å². The molecule has 3 N–H and O–H groups in total. The third-order valence-electron chi connectivity index (χ3n) is 2.63. The van der Waals surface area contributed by atoms with E-state index in [9.17, 15) is 5.11 Å². The molecule has 0 bridgehead atoms. The number of benzene rings is 1. The Morgan fingerprint density at radius 2 is 2.12 bits per heavy atom. The molecule has 0 aliphatic carbocycles. The lowest BCUT2D eigenvalue weighted by Crippen LogP contribution is -2.16. The van der Waals surface area contributed by atoms with E-state index >= 15 is 0 Å². The summed E-state index contributed by atoms with van der Waals surface area (Å²) in [6, 6.07) is 5.94. The van der Waals surface area contributed by atoms with Gasteiger partial charge in [-0.25, -0.2) is 0 Å². The first-order chi connectivity index (χ1) is 7.54. The van der Waals surface area contributed by atoms with Gasteiger partial charge in [-0.3, -0.25) is 0 Å². The van der Waals surface area contributed by atoms with Gasteiger partial charge < -0.3 is 15.6 Å². The number of hydrogen-bond donors (Lipinski definition) is 2. The maximum atomic E-state index is 9.41. The lowest BCUT2D eigenvalue weighted by Gasteiger charge is -2.14. The average molecular weight is 223 g/mol. The van der Waals surface area contributed by atoms with E-state index in [1.807, 2.05) is 39.0 Å². The largest absolute Gasteiger partial charge is 0.491 e. The summed E-state index contributed by atoms with van der Waals surface area (Å²) < 4.78 is 5.53. The van der Waals surface area contributed by atoms with Crippen molar-refractivity contribution in [1.29, 1.82) is 0 Å². The van der Waals surface area contributed by atoms with Crippen LogP contribution in [0.4, 0.5) is 0 Å². The highest BCUT2D eigenvalue weighted by molar-refractivity contribution is 5.37. The van der Waals surface area contributed by atoms with E-state index in [0.717, 1.165) is 16.9 Å². The summed E-state index contributed by atoms with van der Waals surface area (Å²) in [5, 5.41) is 9.41. The van der Waals surface area contributed by atoms with Crippen LogP contribution in [0.5, 0.6) is 5.75 Å². The predicted molar refractivity (Wildman–Crippen MR) is 65.6 cm³/mol. The lowest BCUT2D eigenvalue weighted by molar-refractivity contribution is 0.104. The molecule has 1 rings (SSSR count). The van der Waals surface area contributed by atoms with Gasteiger partial charge in [0.15, 0.2) is 0 Å². The Morgan fingerprint density at radius 3 is 2.62 bits per heavy atom. The minimum Gasteiger partial charge on any atom is -0.491 e. The van der Waals surface area contributed by atoms with Gasteiger partial charge in [-0.15, -0.1) is 0 Å². The fraction of sp³-hybridized carbons (Fsp3) is 0.538. The number of rotatable bonds is 5. The Balaban J connectivity index is 2.68. The molecule has 0 radical (unpaired) electrons. The number of aliphatic hydroxyl groups excluding tert-OH is 1. The third kappa shape index (κ3) is 3.51. The summed E-state index contributed by atoms with van der Waals surface area (Å²) in [5.74, 6) is 0.817. The van der Waals surface area contributed by atoms with E-state index in [2.05, 4.69) is 0 Å². The minimum atomic E-state index is -0.396. The van der Waals surface area contributed by atoms with Gasteiger partial charge >= 0.3 is 0 Å². The van der Waals surface area contributed by atoms with Crippen molar-refractivity contribution in [3.8, 4) is 5.75 Å². The molecule has 1 aromatic carbocycles. The molecular formula is C13H21NO2. The molecule has 0 aliphatic heterocycles. The van der Waals surface area contributed by atoms with Crippen LogP contribution in [-0.2, 0) is 0 Å². The molecule has 3 heteroatoms. The second-order valence-electron chi connectivity index (χ2n) is 4.19. The number of aliphatic hydroxyl groups is 1. The SMILES string of the molecule is CCC(O)COc1ccc(C(C)N)cc1C. The van der Waals surface area contributed by atoms with Crippen molar-refractivity contribution in [1.82, 2.24) is 0 Å². The van der Waals surface area contributed by atoms with Gasteiger partial charge in [0.2, 0.25) is 0 Å². The Labute approximate surface area is 97.2 Å². The van der Waals surface area contributed by atoms with E-state index in [0.29, 0.717) is 13.0 Å². The molecule has 2 unspecified atom stereocenters. The third-order valence-corrected chi connectivity index (χ3v) is 2.63. The molecule has 0 heterocycles. The van der Waals surface area contributed by atoms with Crippen LogP contribution in [0.2, 0.25) is 0 Å².